The highest BCUT2D eigenvalue weighted by molar-refractivity contribution is 6.20. The molecule has 0 aliphatic rings. The molecule has 3 heteroatoms. The monoisotopic (exact) mass is 174 g/mol. The second-order valence-electron chi connectivity index (χ2n) is 2.20. The minimum atomic E-state index is -0.435. The number of benzene rings is 1. The van der Waals surface area contributed by atoms with Crippen LogP contribution in [-0.4, -0.2) is 11.7 Å². The molecule has 0 spiro atoms. The Labute approximate surface area is 69.4 Å². The largest absolute Gasteiger partial charge is 0.394 e. The summed E-state index contributed by atoms with van der Waals surface area (Å²) < 4.78 is 12.3. The minimum absolute atomic E-state index is 0.132. The molecule has 1 aromatic rings. The summed E-state index contributed by atoms with van der Waals surface area (Å²) in [5.41, 5.74) is 0.732. The molecule has 0 saturated heterocycles. The Hall–Kier alpha value is -0.600. The number of hydrogen-bond acceptors (Lipinski definition) is 1. The molecule has 0 unspecified atom stereocenters. The van der Waals surface area contributed by atoms with Crippen molar-refractivity contribution in [2.75, 3.05) is 6.61 Å². The van der Waals surface area contributed by atoms with Crippen LogP contribution in [0.1, 0.15) is 10.9 Å². The predicted molar refractivity (Wildman–Crippen MR) is 42.1 cm³/mol. The maximum absolute atomic E-state index is 12.3. The topological polar surface area (TPSA) is 20.2 Å². The van der Waals surface area contributed by atoms with Crippen LogP contribution in [0.5, 0.6) is 0 Å². The van der Waals surface area contributed by atoms with Crippen LogP contribution in [0.15, 0.2) is 24.3 Å². The summed E-state index contributed by atoms with van der Waals surface area (Å²) in [6, 6.07) is 5.76. The van der Waals surface area contributed by atoms with E-state index in [1.165, 1.54) is 12.1 Å². The molecule has 0 fully saturated rings. The molecule has 0 heterocycles. The fraction of sp³-hybridized carbons (Fsp3) is 0.250. The van der Waals surface area contributed by atoms with Crippen LogP contribution in [-0.2, 0) is 0 Å². The van der Waals surface area contributed by atoms with Gasteiger partial charge in [0.2, 0.25) is 0 Å². The van der Waals surface area contributed by atoms with Gasteiger partial charge in [-0.05, 0) is 17.7 Å². The van der Waals surface area contributed by atoms with Crippen molar-refractivity contribution in [1.29, 1.82) is 0 Å². The number of alkyl halides is 1. The van der Waals surface area contributed by atoms with Gasteiger partial charge < -0.3 is 5.11 Å². The normalized spacial score (nSPS) is 13.0. The highest BCUT2D eigenvalue weighted by Gasteiger charge is 2.04. The molecule has 60 valence electrons. The molecule has 0 radical (unpaired) electrons. The summed E-state index contributed by atoms with van der Waals surface area (Å²) in [7, 11) is 0. The van der Waals surface area contributed by atoms with Crippen LogP contribution in [0.4, 0.5) is 4.39 Å². The van der Waals surface area contributed by atoms with Gasteiger partial charge in [-0.2, -0.15) is 0 Å². The van der Waals surface area contributed by atoms with Gasteiger partial charge in [-0.15, -0.1) is 11.6 Å². The Morgan fingerprint density at radius 2 is 1.91 bits per heavy atom. The number of aliphatic hydroxyl groups excluding tert-OH is 1. The van der Waals surface area contributed by atoms with Gasteiger partial charge in [0, 0.05) is 0 Å². The summed E-state index contributed by atoms with van der Waals surface area (Å²) in [5, 5.41) is 8.20. The van der Waals surface area contributed by atoms with Gasteiger partial charge in [-0.3, -0.25) is 0 Å². The molecule has 0 bridgehead atoms. The molecule has 11 heavy (non-hydrogen) atoms. The molecule has 0 saturated carbocycles. The van der Waals surface area contributed by atoms with Crippen molar-refractivity contribution in [3.63, 3.8) is 0 Å². The zero-order valence-electron chi connectivity index (χ0n) is 5.80. The van der Waals surface area contributed by atoms with Gasteiger partial charge in [0.15, 0.2) is 0 Å². The van der Waals surface area contributed by atoms with Crippen molar-refractivity contribution in [3.05, 3.63) is 35.6 Å². The fourth-order valence-corrected chi connectivity index (χ4v) is 0.922. The predicted octanol–water partition coefficient (Wildman–Crippen LogP) is 2.10. The Morgan fingerprint density at radius 1 is 1.36 bits per heavy atom. The van der Waals surface area contributed by atoms with E-state index in [1.807, 2.05) is 0 Å². The summed E-state index contributed by atoms with van der Waals surface area (Å²) in [6.07, 6.45) is 0. The van der Waals surface area contributed by atoms with Crippen molar-refractivity contribution in [2.45, 2.75) is 5.38 Å². The number of aliphatic hydroxyl groups is 1. The quantitative estimate of drug-likeness (QED) is 0.681. The third-order valence-corrected chi connectivity index (χ3v) is 1.78. The van der Waals surface area contributed by atoms with E-state index in [0.717, 1.165) is 5.56 Å². The van der Waals surface area contributed by atoms with Crippen molar-refractivity contribution in [1.82, 2.24) is 0 Å². The van der Waals surface area contributed by atoms with Gasteiger partial charge >= 0.3 is 0 Å². The molecule has 1 aromatic carbocycles. The second-order valence-corrected chi connectivity index (χ2v) is 2.73. The molecular weight excluding hydrogens is 167 g/mol. The molecule has 1 nitrogen and oxygen atoms in total. The van der Waals surface area contributed by atoms with Gasteiger partial charge in [-0.1, -0.05) is 12.1 Å². The lowest BCUT2D eigenvalue weighted by Crippen LogP contribution is -1.95. The van der Waals surface area contributed by atoms with E-state index < -0.39 is 5.38 Å². The number of halogens is 2. The Morgan fingerprint density at radius 3 is 2.36 bits per heavy atom. The molecular formula is C8H8ClFO. The zero-order chi connectivity index (χ0) is 8.27. The van der Waals surface area contributed by atoms with Gasteiger partial charge in [0.25, 0.3) is 0 Å². The summed E-state index contributed by atoms with van der Waals surface area (Å²) in [4.78, 5) is 0. The second kappa shape index (κ2) is 3.69. The number of rotatable bonds is 2. The molecule has 0 aromatic heterocycles. The third-order valence-electron chi connectivity index (χ3n) is 1.39. The van der Waals surface area contributed by atoms with Crippen molar-refractivity contribution >= 4 is 11.6 Å². The average Bonchev–Trinajstić information content (AvgIpc) is 2.05. The lowest BCUT2D eigenvalue weighted by molar-refractivity contribution is 0.294. The van der Waals surface area contributed by atoms with Gasteiger partial charge in [0.05, 0.1) is 12.0 Å². The minimum Gasteiger partial charge on any atom is -0.394 e. The summed E-state index contributed by atoms with van der Waals surface area (Å²) >= 11 is 5.67. The highest BCUT2D eigenvalue weighted by atomic mass is 35.5. The number of hydrogen-bond donors (Lipinski definition) is 1. The van der Waals surface area contributed by atoms with Crippen LogP contribution in [0.2, 0.25) is 0 Å². The van der Waals surface area contributed by atoms with Crippen LogP contribution in [0.25, 0.3) is 0 Å². The maximum Gasteiger partial charge on any atom is 0.123 e. The SMILES string of the molecule is OC[C@H](Cl)c1ccc(F)cc1. The van der Waals surface area contributed by atoms with Crippen molar-refractivity contribution in [2.24, 2.45) is 0 Å². The molecule has 0 aliphatic carbocycles. The fourth-order valence-electron chi connectivity index (χ4n) is 0.777. The van der Waals surface area contributed by atoms with E-state index in [-0.39, 0.29) is 12.4 Å². The molecule has 1 rings (SSSR count). The van der Waals surface area contributed by atoms with Crippen molar-refractivity contribution in [3.8, 4) is 0 Å². The van der Waals surface area contributed by atoms with E-state index in [1.54, 1.807) is 12.1 Å². The van der Waals surface area contributed by atoms with Gasteiger partial charge in [-0.25, -0.2) is 4.39 Å². The first-order valence-corrected chi connectivity index (χ1v) is 3.68. The smallest absolute Gasteiger partial charge is 0.123 e. The molecule has 0 amide bonds. The summed E-state index contributed by atoms with van der Waals surface area (Å²) in [5.74, 6) is -0.296. The van der Waals surface area contributed by atoms with Crippen LogP contribution in [0.3, 0.4) is 0 Å². The van der Waals surface area contributed by atoms with Crippen molar-refractivity contribution < 1.29 is 9.50 Å². The molecule has 1 atom stereocenters. The van der Waals surface area contributed by atoms with Gasteiger partial charge in [0.1, 0.15) is 5.82 Å². The lowest BCUT2D eigenvalue weighted by Gasteiger charge is -2.04. The first-order valence-electron chi connectivity index (χ1n) is 3.24. The molecule has 1 N–H and O–H groups in total. The maximum atomic E-state index is 12.3. The van der Waals surface area contributed by atoms with E-state index >= 15 is 0 Å². The molecule has 0 aliphatic heterocycles. The summed E-state index contributed by atoms with van der Waals surface area (Å²) in [6.45, 7) is -0.132. The standard InChI is InChI=1S/C8H8ClFO/c9-8(5-11)6-1-3-7(10)4-2-6/h1-4,8,11H,5H2/t8-/m0/s1. The Balaban J connectivity index is 2.81. The lowest BCUT2D eigenvalue weighted by atomic mass is 10.1. The third kappa shape index (κ3) is 2.17. The van der Waals surface area contributed by atoms with E-state index in [9.17, 15) is 4.39 Å². The zero-order valence-corrected chi connectivity index (χ0v) is 6.55. The van der Waals surface area contributed by atoms with E-state index in [4.69, 9.17) is 16.7 Å². The first-order chi connectivity index (χ1) is 5.24. The van der Waals surface area contributed by atoms with Crippen LogP contribution >= 0.6 is 11.6 Å². The average molecular weight is 175 g/mol. The van der Waals surface area contributed by atoms with E-state index in [0.29, 0.717) is 0 Å². The van der Waals surface area contributed by atoms with E-state index in [2.05, 4.69) is 0 Å². The Kier molecular flexibility index (Phi) is 2.85. The van der Waals surface area contributed by atoms with Crippen LogP contribution < -0.4 is 0 Å². The first kappa shape index (κ1) is 8.50. The highest BCUT2D eigenvalue weighted by Crippen LogP contribution is 2.19. The Bertz CT molecular complexity index is 222. The van der Waals surface area contributed by atoms with Crippen LogP contribution in [0, 0.1) is 5.82 Å².